The molecule has 1 aliphatic carbocycles. The maximum Gasteiger partial charge on any atom is 0.230 e. The summed E-state index contributed by atoms with van der Waals surface area (Å²) in [7, 11) is 0. The van der Waals surface area contributed by atoms with Crippen molar-refractivity contribution in [1.82, 2.24) is 4.90 Å². The van der Waals surface area contributed by atoms with Gasteiger partial charge in [-0.15, -0.1) is 11.3 Å². The summed E-state index contributed by atoms with van der Waals surface area (Å²) >= 11 is 1.71. The lowest BCUT2D eigenvalue weighted by Gasteiger charge is -2.40. The molecule has 0 atom stereocenters. The molecule has 0 bridgehead atoms. The van der Waals surface area contributed by atoms with Crippen LogP contribution in [0.15, 0.2) is 17.5 Å². The number of amides is 1. The maximum atomic E-state index is 13.1. The minimum absolute atomic E-state index is 0.218. The van der Waals surface area contributed by atoms with E-state index >= 15 is 0 Å². The lowest BCUT2D eigenvalue weighted by molar-refractivity contribution is -0.146. The molecule has 0 aliphatic heterocycles. The average molecular weight is 294 g/mol. The van der Waals surface area contributed by atoms with Gasteiger partial charge in [-0.2, -0.15) is 0 Å². The molecule has 1 heterocycles. The molecule has 1 amide bonds. The van der Waals surface area contributed by atoms with Gasteiger partial charge < -0.3 is 10.6 Å². The third-order valence-electron chi connectivity index (χ3n) is 4.45. The molecular formula is C16H26N2OS. The molecule has 1 aromatic rings. The Morgan fingerprint density at radius 3 is 2.60 bits per heavy atom. The Morgan fingerprint density at radius 2 is 2.10 bits per heavy atom. The van der Waals surface area contributed by atoms with E-state index in [4.69, 9.17) is 5.73 Å². The van der Waals surface area contributed by atoms with Crippen molar-refractivity contribution in [3.05, 3.63) is 22.4 Å². The predicted molar refractivity (Wildman–Crippen MR) is 84.6 cm³/mol. The molecule has 1 saturated carbocycles. The van der Waals surface area contributed by atoms with Gasteiger partial charge in [0.15, 0.2) is 0 Å². The van der Waals surface area contributed by atoms with Crippen LogP contribution in [0, 0.1) is 5.41 Å². The van der Waals surface area contributed by atoms with Crippen LogP contribution in [0.3, 0.4) is 0 Å². The molecule has 1 aromatic heterocycles. The Hall–Kier alpha value is -0.870. The zero-order chi connectivity index (χ0) is 14.6. The molecule has 2 N–H and O–H groups in total. The van der Waals surface area contributed by atoms with Crippen LogP contribution in [0.4, 0.5) is 0 Å². The second-order valence-corrected chi connectivity index (χ2v) is 7.18. The summed E-state index contributed by atoms with van der Waals surface area (Å²) in [5.74, 6) is 0.267. The third-order valence-corrected chi connectivity index (χ3v) is 5.31. The first-order valence-electron chi connectivity index (χ1n) is 7.62. The van der Waals surface area contributed by atoms with Crippen LogP contribution in [-0.2, 0) is 11.3 Å². The summed E-state index contributed by atoms with van der Waals surface area (Å²) < 4.78 is 0. The first-order chi connectivity index (χ1) is 9.59. The molecular weight excluding hydrogens is 268 g/mol. The molecule has 1 fully saturated rings. The highest BCUT2D eigenvalue weighted by molar-refractivity contribution is 7.09. The SMILES string of the molecule is CC(C)N(Cc1cccs1)C(=O)C1(CN)CCCCC1. The van der Waals surface area contributed by atoms with E-state index in [9.17, 15) is 4.79 Å². The summed E-state index contributed by atoms with van der Waals surface area (Å²) in [6, 6.07) is 4.36. The van der Waals surface area contributed by atoms with E-state index < -0.39 is 0 Å². The monoisotopic (exact) mass is 294 g/mol. The van der Waals surface area contributed by atoms with Crippen molar-refractivity contribution in [2.45, 2.75) is 58.5 Å². The Bertz CT molecular complexity index is 422. The number of hydrogen-bond donors (Lipinski definition) is 1. The summed E-state index contributed by atoms with van der Waals surface area (Å²) in [6.07, 6.45) is 5.41. The van der Waals surface area contributed by atoms with Crippen LogP contribution in [0.2, 0.25) is 0 Å². The first-order valence-corrected chi connectivity index (χ1v) is 8.50. The number of nitrogens with zero attached hydrogens (tertiary/aromatic N) is 1. The minimum Gasteiger partial charge on any atom is -0.335 e. The largest absolute Gasteiger partial charge is 0.335 e. The normalized spacial score (nSPS) is 18.2. The van der Waals surface area contributed by atoms with Gasteiger partial charge in [0.1, 0.15) is 0 Å². The molecule has 1 aliphatic rings. The zero-order valence-corrected chi connectivity index (χ0v) is 13.4. The number of carbonyl (C=O) groups is 1. The van der Waals surface area contributed by atoms with Gasteiger partial charge in [-0.1, -0.05) is 25.3 Å². The summed E-state index contributed by atoms with van der Waals surface area (Å²) in [5, 5.41) is 2.07. The van der Waals surface area contributed by atoms with E-state index in [0.29, 0.717) is 6.54 Å². The van der Waals surface area contributed by atoms with Crippen molar-refractivity contribution in [3.8, 4) is 0 Å². The maximum absolute atomic E-state index is 13.1. The quantitative estimate of drug-likeness (QED) is 0.904. The topological polar surface area (TPSA) is 46.3 Å². The first kappa shape index (κ1) is 15.5. The number of hydrogen-bond acceptors (Lipinski definition) is 3. The van der Waals surface area contributed by atoms with Crippen molar-refractivity contribution in [2.75, 3.05) is 6.54 Å². The van der Waals surface area contributed by atoms with Gasteiger partial charge in [0.05, 0.1) is 12.0 Å². The fraction of sp³-hybridized carbons (Fsp3) is 0.688. The van der Waals surface area contributed by atoms with Gasteiger partial charge in [0, 0.05) is 17.5 Å². The van der Waals surface area contributed by atoms with Crippen LogP contribution in [-0.4, -0.2) is 23.4 Å². The Balaban J connectivity index is 2.17. The van der Waals surface area contributed by atoms with Crippen molar-refractivity contribution in [2.24, 2.45) is 11.1 Å². The fourth-order valence-electron chi connectivity index (χ4n) is 3.10. The predicted octanol–water partition coefficient (Wildman–Crippen LogP) is 3.39. The number of nitrogens with two attached hydrogens (primary N) is 1. The van der Waals surface area contributed by atoms with E-state index in [1.54, 1.807) is 11.3 Å². The Morgan fingerprint density at radius 1 is 1.40 bits per heavy atom. The van der Waals surface area contributed by atoms with Crippen LogP contribution in [0.5, 0.6) is 0 Å². The van der Waals surface area contributed by atoms with Gasteiger partial charge in [0.2, 0.25) is 5.91 Å². The van der Waals surface area contributed by atoms with Crippen LogP contribution >= 0.6 is 11.3 Å². The standard InChI is InChI=1S/C16H26N2OS/c1-13(2)18(11-14-7-6-10-20-14)15(19)16(12-17)8-4-3-5-9-16/h6-7,10,13H,3-5,8-9,11-12,17H2,1-2H3. The Kier molecular flexibility index (Phi) is 5.22. The molecule has 0 unspecified atom stereocenters. The molecule has 0 saturated heterocycles. The van der Waals surface area contributed by atoms with Gasteiger partial charge >= 0.3 is 0 Å². The second-order valence-electron chi connectivity index (χ2n) is 6.15. The molecule has 0 spiro atoms. The van der Waals surface area contributed by atoms with Gasteiger partial charge in [-0.25, -0.2) is 0 Å². The molecule has 0 radical (unpaired) electrons. The fourth-order valence-corrected chi connectivity index (χ4v) is 3.80. The number of thiophene rings is 1. The molecule has 0 aromatic carbocycles. The van der Waals surface area contributed by atoms with E-state index in [1.807, 2.05) is 11.0 Å². The highest BCUT2D eigenvalue weighted by Gasteiger charge is 2.41. The van der Waals surface area contributed by atoms with E-state index in [1.165, 1.54) is 11.3 Å². The van der Waals surface area contributed by atoms with Crippen molar-refractivity contribution in [1.29, 1.82) is 0 Å². The lowest BCUT2D eigenvalue weighted by Crippen LogP contribution is -2.50. The van der Waals surface area contributed by atoms with Crippen molar-refractivity contribution < 1.29 is 4.79 Å². The highest BCUT2D eigenvalue weighted by atomic mass is 32.1. The summed E-state index contributed by atoms with van der Waals surface area (Å²) in [5.41, 5.74) is 5.70. The average Bonchev–Trinajstić information content (AvgIpc) is 2.97. The minimum atomic E-state index is -0.306. The summed E-state index contributed by atoms with van der Waals surface area (Å²) in [4.78, 5) is 16.3. The van der Waals surface area contributed by atoms with E-state index in [-0.39, 0.29) is 17.4 Å². The summed E-state index contributed by atoms with van der Waals surface area (Å²) in [6.45, 7) is 5.40. The molecule has 112 valence electrons. The number of rotatable bonds is 5. The molecule has 2 rings (SSSR count). The Labute approximate surface area is 126 Å². The zero-order valence-electron chi connectivity index (χ0n) is 12.6. The molecule has 4 heteroatoms. The van der Waals surface area contributed by atoms with Crippen LogP contribution < -0.4 is 5.73 Å². The lowest BCUT2D eigenvalue weighted by atomic mass is 9.73. The van der Waals surface area contributed by atoms with Gasteiger partial charge in [-0.05, 0) is 38.1 Å². The van der Waals surface area contributed by atoms with E-state index in [2.05, 4.69) is 25.3 Å². The van der Waals surface area contributed by atoms with Crippen molar-refractivity contribution in [3.63, 3.8) is 0 Å². The van der Waals surface area contributed by atoms with Crippen LogP contribution in [0.25, 0.3) is 0 Å². The number of carbonyl (C=O) groups excluding carboxylic acids is 1. The third kappa shape index (κ3) is 3.23. The second kappa shape index (κ2) is 6.72. The molecule has 3 nitrogen and oxygen atoms in total. The van der Waals surface area contributed by atoms with Crippen LogP contribution in [0.1, 0.15) is 50.8 Å². The van der Waals surface area contributed by atoms with Crippen molar-refractivity contribution >= 4 is 17.2 Å². The van der Waals surface area contributed by atoms with Gasteiger partial charge in [-0.3, -0.25) is 4.79 Å². The smallest absolute Gasteiger partial charge is 0.230 e. The molecule has 20 heavy (non-hydrogen) atoms. The van der Waals surface area contributed by atoms with E-state index in [0.717, 1.165) is 32.2 Å². The van der Waals surface area contributed by atoms with Gasteiger partial charge in [0.25, 0.3) is 0 Å². The highest BCUT2D eigenvalue weighted by Crippen LogP contribution is 2.38.